The van der Waals surface area contributed by atoms with Gasteiger partial charge in [-0.1, -0.05) is 24.3 Å². The lowest BCUT2D eigenvalue weighted by Crippen LogP contribution is -2.36. The van der Waals surface area contributed by atoms with Crippen LogP contribution in [0.1, 0.15) is 41.6 Å². The average Bonchev–Trinajstić information content (AvgIpc) is 2.78. The van der Waals surface area contributed by atoms with E-state index in [1.807, 2.05) is 30.6 Å². The summed E-state index contributed by atoms with van der Waals surface area (Å²) >= 11 is 0. The Morgan fingerprint density at radius 1 is 1.07 bits per heavy atom. The van der Waals surface area contributed by atoms with Crippen LogP contribution >= 0.6 is 0 Å². The lowest BCUT2D eigenvalue weighted by molar-refractivity contribution is 0.0600. The first kappa shape index (κ1) is 19.4. The summed E-state index contributed by atoms with van der Waals surface area (Å²) < 4.78 is 4.80. The number of benzene rings is 2. The SMILES string of the molecule is COC(=O)c1cccc(CNC2CCC(Nc3cccc4cnccc34)CC2)c1. The van der Waals surface area contributed by atoms with Gasteiger partial charge in [-0.3, -0.25) is 4.98 Å². The van der Waals surface area contributed by atoms with Crippen LogP contribution in [0.3, 0.4) is 0 Å². The molecule has 0 radical (unpaired) electrons. The van der Waals surface area contributed by atoms with Gasteiger partial charge < -0.3 is 15.4 Å². The van der Waals surface area contributed by atoms with Crippen LogP contribution in [0.2, 0.25) is 0 Å². The van der Waals surface area contributed by atoms with Crippen LogP contribution in [0, 0.1) is 0 Å². The highest BCUT2D eigenvalue weighted by Gasteiger charge is 2.21. The third-order valence-electron chi connectivity index (χ3n) is 5.71. The molecule has 0 saturated heterocycles. The molecule has 2 N–H and O–H groups in total. The summed E-state index contributed by atoms with van der Waals surface area (Å²) in [4.78, 5) is 15.9. The fraction of sp³-hybridized carbons (Fsp3) is 0.333. The molecule has 0 spiro atoms. The first-order valence-electron chi connectivity index (χ1n) is 10.2. The van der Waals surface area contributed by atoms with E-state index >= 15 is 0 Å². The van der Waals surface area contributed by atoms with E-state index in [1.54, 1.807) is 6.07 Å². The number of hydrogen-bond donors (Lipinski definition) is 2. The summed E-state index contributed by atoms with van der Waals surface area (Å²) in [5, 5.41) is 9.78. The van der Waals surface area contributed by atoms with E-state index in [0.717, 1.165) is 37.8 Å². The lowest BCUT2D eigenvalue weighted by atomic mass is 9.90. The number of nitrogens with zero attached hydrogens (tertiary/aromatic N) is 1. The number of pyridine rings is 1. The molecule has 2 aromatic carbocycles. The van der Waals surface area contributed by atoms with E-state index in [9.17, 15) is 4.79 Å². The Morgan fingerprint density at radius 3 is 2.69 bits per heavy atom. The van der Waals surface area contributed by atoms with E-state index < -0.39 is 0 Å². The van der Waals surface area contributed by atoms with Gasteiger partial charge in [-0.2, -0.15) is 0 Å². The zero-order valence-electron chi connectivity index (χ0n) is 16.7. The number of ether oxygens (including phenoxy) is 1. The molecule has 0 bridgehead atoms. The van der Waals surface area contributed by atoms with Crippen molar-refractivity contribution < 1.29 is 9.53 Å². The van der Waals surface area contributed by atoms with Crippen LogP contribution in [0.5, 0.6) is 0 Å². The topological polar surface area (TPSA) is 63.2 Å². The van der Waals surface area contributed by atoms with Crippen molar-refractivity contribution in [3.05, 3.63) is 72.1 Å². The van der Waals surface area contributed by atoms with Crippen molar-refractivity contribution in [1.82, 2.24) is 10.3 Å². The van der Waals surface area contributed by atoms with Gasteiger partial charge in [-0.15, -0.1) is 0 Å². The molecule has 5 nitrogen and oxygen atoms in total. The number of aromatic nitrogens is 1. The van der Waals surface area contributed by atoms with E-state index in [-0.39, 0.29) is 5.97 Å². The van der Waals surface area contributed by atoms with Crippen molar-refractivity contribution in [2.75, 3.05) is 12.4 Å². The zero-order valence-corrected chi connectivity index (χ0v) is 16.7. The van der Waals surface area contributed by atoms with Gasteiger partial charge in [0.15, 0.2) is 0 Å². The number of hydrogen-bond acceptors (Lipinski definition) is 5. The predicted molar refractivity (Wildman–Crippen MR) is 116 cm³/mol. The number of anilines is 1. The maximum Gasteiger partial charge on any atom is 0.337 e. The summed E-state index contributed by atoms with van der Waals surface area (Å²) in [5.74, 6) is -0.289. The van der Waals surface area contributed by atoms with E-state index in [4.69, 9.17) is 4.74 Å². The fourth-order valence-corrected chi connectivity index (χ4v) is 4.10. The highest BCUT2D eigenvalue weighted by atomic mass is 16.5. The lowest BCUT2D eigenvalue weighted by Gasteiger charge is -2.30. The van der Waals surface area contributed by atoms with E-state index in [0.29, 0.717) is 17.6 Å². The summed E-state index contributed by atoms with van der Waals surface area (Å²) in [6.07, 6.45) is 8.32. The maximum atomic E-state index is 11.7. The van der Waals surface area contributed by atoms with Crippen molar-refractivity contribution >= 4 is 22.4 Å². The summed E-state index contributed by atoms with van der Waals surface area (Å²) in [5.41, 5.74) is 2.91. The molecule has 0 aliphatic heterocycles. The number of fused-ring (bicyclic) bond motifs is 1. The van der Waals surface area contributed by atoms with Crippen LogP contribution in [-0.4, -0.2) is 30.1 Å². The minimum atomic E-state index is -0.289. The molecule has 0 atom stereocenters. The van der Waals surface area contributed by atoms with E-state index in [2.05, 4.69) is 39.9 Å². The monoisotopic (exact) mass is 389 g/mol. The quantitative estimate of drug-likeness (QED) is 0.606. The van der Waals surface area contributed by atoms with E-state index in [1.165, 1.54) is 23.6 Å². The molecule has 1 aromatic heterocycles. The Labute approximate surface area is 171 Å². The highest BCUT2D eigenvalue weighted by Crippen LogP contribution is 2.27. The molecule has 1 heterocycles. The molecular weight excluding hydrogens is 362 g/mol. The average molecular weight is 389 g/mol. The fourth-order valence-electron chi connectivity index (χ4n) is 4.10. The van der Waals surface area contributed by atoms with Crippen molar-refractivity contribution in [1.29, 1.82) is 0 Å². The van der Waals surface area contributed by atoms with Gasteiger partial charge in [-0.25, -0.2) is 4.79 Å². The van der Waals surface area contributed by atoms with Gasteiger partial charge in [0.1, 0.15) is 0 Å². The first-order valence-corrected chi connectivity index (χ1v) is 10.2. The van der Waals surface area contributed by atoms with Crippen LogP contribution < -0.4 is 10.6 Å². The van der Waals surface area contributed by atoms with Crippen LogP contribution in [0.25, 0.3) is 10.8 Å². The molecule has 0 amide bonds. The van der Waals surface area contributed by atoms with Crippen LogP contribution in [-0.2, 0) is 11.3 Å². The summed E-state index contributed by atoms with van der Waals surface area (Å²) in [7, 11) is 1.41. The Kier molecular flexibility index (Phi) is 6.06. The molecule has 1 aliphatic rings. The zero-order chi connectivity index (χ0) is 20.1. The molecule has 3 aromatic rings. The molecule has 29 heavy (non-hydrogen) atoms. The molecule has 0 unspecified atom stereocenters. The molecule has 4 rings (SSSR count). The normalized spacial score (nSPS) is 19.1. The second kappa shape index (κ2) is 9.05. The maximum absolute atomic E-state index is 11.7. The summed E-state index contributed by atoms with van der Waals surface area (Å²) in [6, 6.07) is 17.1. The van der Waals surface area contributed by atoms with Crippen molar-refractivity contribution in [3.8, 4) is 0 Å². The van der Waals surface area contributed by atoms with Gasteiger partial charge in [0.25, 0.3) is 0 Å². The second-order valence-corrected chi connectivity index (χ2v) is 7.67. The number of nitrogens with one attached hydrogen (secondary N) is 2. The summed E-state index contributed by atoms with van der Waals surface area (Å²) in [6.45, 7) is 0.768. The number of rotatable bonds is 6. The second-order valence-electron chi connectivity index (χ2n) is 7.67. The Morgan fingerprint density at radius 2 is 1.86 bits per heavy atom. The standard InChI is InChI=1S/C24H27N3O2/c1-29-24(28)18-5-2-4-17(14-18)15-26-20-8-10-21(11-9-20)27-23-7-3-6-19-16-25-13-12-22(19)23/h2-7,12-14,16,20-21,26-27H,8-11,15H2,1H3. The molecule has 1 fully saturated rings. The third-order valence-corrected chi connectivity index (χ3v) is 5.71. The van der Waals surface area contributed by atoms with Gasteiger partial charge in [0.2, 0.25) is 0 Å². The number of esters is 1. The predicted octanol–water partition coefficient (Wildman–Crippen LogP) is 4.53. The molecule has 5 heteroatoms. The largest absolute Gasteiger partial charge is 0.465 e. The minimum Gasteiger partial charge on any atom is -0.465 e. The highest BCUT2D eigenvalue weighted by molar-refractivity contribution is 5.93. The van der Waals surface area contributed by atoms with Crippen LogP contribution in [0.15, 0.2) is 60.9 Å². The van der Waals surface area contributed by atoms with Crippen molar-refractivity contribution in [2.45, 2.75) is 44.3 Å². The van der Waals surface area contributed by atoms with Gasteiger partial charge in [0, 0.05) is 47.5 Å². The van der Waals surface area contributed by atoms with Gasteiger partial charge in [-0.05, 0) is 55.5 Å². The van der Waals surface area contributed by atoms with Crippen molar-refractivity contribution in [3.63, 3.8) is 0 Å². The number of carbonyl (C=O) groups excluding carboxylic acids is 1. The number of methoxy groups -OCH3 is 1. The molecule has 150 valence electrons. The van der Waals surface area contributed by atoms with Gasteiger partial charge in [0.05, 0.1) is 12.7 Å². The van der Waals surface area contributed by atoms with Crippen molar-refractivity contribution in [2.24, 2.45) is 0 Å². The molecular formula is C24H27N3O2. The molecule has 1 saturated carbocycles. The Hall–Kier alpha value is -2.92. The Balaban J connectivity index is 1.29. The van der Waals surface area contributed by atoms with Crippen LogP contribution in [0.4, 0.5) is 5.69 Å². The first-order chi connectivity index (χ1) is 14.2. The smallest absolute Gasteiger partial charge is 0.337 e. The number of carbonyl (C=O) groups is 1. The third kappa shape index (κ3) is 4.74. The van der Waals surface area contributed by atoms with Gasteiger partial charge >= 0.3 is 5.97 Å². The minimum absolute atomic E-state index is 0.289. The Bertz CT molecular complexity index is 975. The molecule has 1 aliphatic carbocycles.